The van der Waals surface area contributed by atoms with Gasteiger partial charge in [0.25, 0.3) is 5.56 Å². The lowest BCUT2D eigenvalue weighted by molar-refractivity contribution is -0.301. The lowest BCUT2D eigenvalue weighted by Gasteiger charge is -2.29. The maximum atomic E-state index is 13.6. The molecule has 2 aromatic heterocycles. The van der Waals surface area contributed by atoms with Gasteiger partial charge in [0.15, 0.2) is 5.16 Å². The van der Waals surface area contributed by atoms with Gasteiger partial charge in [0.2, 0.25) is 0 Å². The number of fused-ring (bicyclic) bond motifs is 3. The fourth-order valence-electron chi connectivity index (χ4n) is 3.35. The molecule has 0 bridgehead atoms. The van der Waals surface area contributed by atoms with Gasteiger partial charge in [-0.15, -0.1) is 11.3 Å². The van der Waals surface area contributed by atoms with Crippen LogP contribution in [0.3, 0.4) is 0 Å². The Bertz CT molecular complexity index is 1150. The Kier molecular flexibility index (Phi) is 5.14. The van der Waals surface area contributed by atoms with E-state index in [1.54, 1.807) is 31.4 Å². The monoisotopic (exact) mass is 431 g/mol. The van der Waals surface area contributed by atoms with Gasteiger partial charge >= 0.3 is 0 Å². The average Bonchev–Trinajstić information content (AvgIpc) is 3.03. The number of hydrogen-bond acceptors (Lipinski definition) is 8. The number of hydrogen-bond donors (Lipinski definition) is 0. The maximum Gasteiger partial charge on any atom is 0.267 e. The number of nitrogens with zero attached hydrogens (tertiary/aromatic N) is 2. The van der Waals surface area contributed by atoms with E-state index in [2.05, 4.69) is 4.98 Å². The van der Waals surface area contributed by atoms with Crippen LogP contribution in [0.5, 0.6) is 5.75 Å². The molecule has 1 aliphatic heterocycles. The van der Waals surface area contributed by atoms with Crippen LogP contribution < -0.4 is 15.4 Å². The number of aliphatic carboxylic acids is 1. The summed E-state index contributed by atoms with van der Waals surface area (Å²) in [5.41, 5.74) is 0.992. The van der Waals surface area contributed by atoms with Crippen molar-refractivity contribution in [3.8, 4) is 11.4 Å². The fourth-order valence-corrected chi connectivity index (χ4v) is 5.22. The molecule has 0 atom stereocenters. The standard InChI is InChI=1S/C20H20N2O5S2/c1-20(2)8-13-14(9-27-20)29-17-16(13)18(25)22(19(21-17)28-10-15(23)24)11-4-6-12(26-3)7-5-11/h4-7H,8-10H2,1-3H3,(H,23,24)/p-1. The summed E-state index contributed by atoms with van der Waals surface area (Å²) in [6.07, 6.45) is 0.618. The van der Waals surface area contributed by atoms with Gasteiger partial charge in [-0.05, 0) is 43.7 Å². The molecule has 0 N–H and O–H groups in total. The average molecular weight is 432 g/mol. The molecular formula is C20H19N2O5S2-. The lowest BCUT2D eigenvalue weighted by atomic mass is 9.94. The van der Waals surface area contributed by atoms with Crippen LogP contribution in [0.2, 0.25) is 0 Å². The van der Waals surface area contributed by atoms with Crippen LogP contribution in [0, 0.1) is 0 Å². The Morgan fingerprint density at radius 2 is 2.10 bits per heavy atom. The molecule has 0 saturated heterocycles. The summed E-state index contributed by atoms with van der Waals surface area (Å²) >= 11 is 2.40. The largest absolute Gasteiger partial charge is 0.549 e. The SMILES string of the molecule is COc1ccc(-n2c(SCC(=O)[O-])nc3sc4c(c3c2=O)CC(C)(C)OC4)cc1. The second-order valence-corrected chi connectivity index (χ2v) is 9.33. The highest BCUT2D eigenvalue weighted by molar-refractivity contribution is 7.99. The van der Waals surface area contributed by atoms with Crippen molar-refractivity contribution in [1.29, 1.82) is 0 Å². The van der Waals surface area contributed by atoms with Gasteiger partial charge in [-0.3, -0.25) is 9.36 Å². The van der Waals surface area contributed by atoms with Crippen molar-refractivity contribution in [3.63, 3.8) is 0 Å². The second-order valence-electron chi connectivity index (χ2n) is 7.30. The molecule has 3 aromatic rings. The van der Waals surface area contributed by atoms with Gasteiger partial charge < -0.3 is 19.4 Å². The van der Waals surface area contributed by atoms with Crippen molar-refractivity contribution < 1.29 is 19.4 Å². The Hall–Kier alpha value is -2.36. The molecule has 0 radical (unpaired) electrons. The molecule has 9 heteroatoms. The smallest absolute Gasteiger partial charge is 0.267 e. The molecule has 0 amide bonds. The molecule has 0 unspecified atom stereocenters. The first kappa shape index (κ1) is 19.9. The van der Waals surface area contributed by atoms with Gasteiger partial charge in [-0.1, -0.05) is 11.8 Å². The Morgan fingerprint density at radius 3 is 2.76 bits per heavy atom. The molecule has 1 aliphatic rings. The fraction of sp³-hybridized carbons (Fsp3) is 0.350. The second kappa shape index (κ2) is 7.47. The van der Waals surface area contributed by atoms with Crippen LogP contribution in [0.1, 0.15) is 24.3 Å². The van der Waals surface area contributed by atoms with Gasteiger partial charge in [0.1, 0.15) is 10.6 Å². The maximum absolute atomic E-state index is 13.6. The van der Waals surface area contributed by atoms with Crippen molar-refractivity contribution in [2.24, 2.45) is 0 Å². The highest BCUT2D eigenvalue weighted by atomic mass is 32.2. The van der Waals surface area contributed by atoms with E-state index in [-0.39, 0.29) is 16.9 Å². The van der Waals surface area contributed by atoms with Gasteiger partial charge in [0.05, 0.1) is 36.4 Å². The minimum Gasteiger partial charge on any atom is -0.549 e. The van der Waals surface area contributed by atoms with E-state index < -0.39 is 5.97 Å². The number of carboxylic acid groups (broad SMARTS) is 1. The molecule has 152 valence electrons. The Labute approximate surface area is 175 Å². The summed E-state index contributed by atoms with van der Waals surface area (Å²) in [7, 11) is 1.57. The summed E-state index contributed by atoms with van der Waals surface area (Å²) in [6.45, 7) is 4.44. The quantitative estimate of drug-likeness (QED) is 0.451. The van der Waals surface area contributed by atoms with Crippen LogP contribution in [0.25, 0.3) is 15.9 Å². The van der Waals surface area contributed by atoms with E-state index in [1.807, 2.05) is 13.8 Å². The topological polar surface area (TPSA) is 93.5 Å². The molecular weight excluding hydrogens is 412 g/mol. The zero-order chi connectivity index (χ0) is 20.8. The van der Waals surface area contributed by atoms with E-state index >= 15 is 0 Å². The Balaban J connectivity index is 1.95. The molecule has 1 aromatic carbocycles. The highest BCUT2D eigenvalue weighted by Crippen LogP contribution is 2.37. The first-order valence-electron chi connectivity index (χ1n) is 8.97. The third-order valence-corrected chi connectivity index (χ3v) is 6.74. The van der Waals surface area contributed by atoms with Gasteiger partial charge in [-0.25, -0.2) is 4.98 Å². The molecule has 0 spiro atoms. The summed E-state index contributed by atoms with van der Waals surface area (Å²) < 4.78 is 12.5. The summed E-state index contributed by atoms with van der Waals surface area (Å²) in [4.78, 5) is 30.8. The van der Waals surface area contributed by atoms with E-state index in [9.17, 15) is 14.7 Å². The number of rotatable bonds is 5. The third kappa shape index (κ3) is 3.77. The summed E-state index contributed by atoms with van der Waals surface area (Å²) in [5, 5.41) is 11.9. The minimum absolute atomic E-state index is 0.212. The number of benzene rings is 1. The van der Waals surface area contributed by atoms with Gasteiger partial charge in [0, 0.05) is 17.1 Å². The molecule has 0 fully saturated rings. The first-order valence-corrected chi connectivity index (χ1v) is 10.8. The normalized spacial score (nSPS) is 15.3. The van der Waals surface area contributed by atoms with E-state index in [1.165, 1.54) is 15.9 Å². The van der Waals surface area contributed by atoms with E-state index in [0.717, 1.165) is 22.2 Å². The number of aromatic nitrogens is 2. The zero-order valence-corrected chi connectivity index (χ0v) is 17.8. The van der Waals surface area contributed by atoms with Crippen molar-refractivity contribution in [3.05, 3.63) is 45.1 Å². The van der Waals surface area contributed by atoms with E-state index in [4.69, 9.17) is 9.47 Å². The summed E-state index contributed by atoms with van der Waals surface area (Å²) in [6, 6.07) is 7.00. The van der Waals surface area contributed by atoms with Crippen LogP contribution in [0.15, 0.2) is 34.2 Å². The third-order valence-electron chi connectivity index (χ3n) is 4.72. The van der Waals surface area contributed by atoms with Crippen molar-refractivity contribution in [1.82, 2.24) is 9.55 Å². The zero-order valence-electron chi connectivity index (χ0n) is 16.2. The van der Waals surface area contributed by atoms with Crippen molar-refractivity contribution in [2.45, 2.75) is 37.6 Å². The van der Waals surface area contributed by atoms with Crippen molar-refractivity contribution >= 4 is 39.3 Å². The summed E-state index contributed by atoms with van der Waals surface area (Å²) in [5.74, 6) is -0.854. The van der Waals surface area contributed by atoms with Crippen LogP contribution in [-0.4, -0.2) is 34.0 Å². The highest BCUT2D eigenvalue weighted by Gasteiger charge is 2.31. The molecule has 29 heavy (non-hydrogen) atoms. The Morgan fingerprint density at radius 1 is 1.38 bits per heavy atom. The van der Waals surface area contributed by atoms with Crippen LogP contribution in [-0.2, 0) is 22.6 Å². The number of carbonyl (C=O) groups excluding carboxylic acids is 1. The number of ether oxygens (including phenoxy) is 2. The number of carboxylic acids is 1. The molecule has 3 heterocycles. The first-order chi connectivity index (χ1) is 13.8. The van der Waals surface area contributed by atoms with Gasteiger partial charge in [-0.2, -0.15) is 0 Å². The number of methoxy groups -OCH3 is 1. The van der Waals surface area contributed by atoms with E-state index in [0.29, 0.717) is 39.8 Å². The number of thiophene rings is 1. The number of carbonyl (C=O) groups is 1. The predicted molar refractivity (Wildman–Crippen MR) is 110 cm³/mol. The predicted octanol–water partition coefficient (Wildman–Crippen LogP) is 2.15. The van der Waals surface area contributed by atoms with Crippen LogP contribution in [0.4, 0.5) is 0 Å². The van der Waals surface area contributed by atoms with Crippen LogP contribution >= 0.6 is 23.1 Å². The molecule has 0 saturated carbocycles. The molecule has 0 aliphatic carbocycles. The minimum atomic E-state index is -1.22. The molecule has 7 nitrogen and oxygen atoms in total. The van der Waals surface area contributed by atoms with Crippen molar-refractivity contribution in [2.75, 3.05) is 12.9 Å². The lowest BCUT2D eigenvalue weighted by Crippen LogP contribution is -2.32. The molecule has 4 rings (SSSR count). The number of thioether (sulfide) groups is 1.